The molecular formula is C27H21ClF3N5O2. The van der Waals surface area contributed by atoms with Crippen LogP contribution in [0, 0.1) is 18.8 Å². The lowest BCUT2D eigenvalue weighted by molar-refractivity contribution is -0.137. The van der Waals surface area contributed by atoms with Crippen molar-refractivity contribution in [2.24, 2.45) is 0 Å². The van der Waals surface area contributed by atoms with E-state index < -0.39 is 17.6 Å². The van der Waals surface area contributed by atoms with Crippen LogP contribution in [0.15, 0.2) is 54.7 Å². The van der Waals surface area contributed by atoms with Crippen molar-refractivity contribution in [1.29, 1.82) is 0 Å². The van der Waals surface area contributed by atoms with Crippen molar-refractivity contribution in [2.75, 3.05) is 23.3 Å². The summed E-state index contributed by atoms with van der Waals surface area (Å²) in [5, 5.41) is 16.8. The number of benzene rings is 2. The number of fused-ring (bicyclic) bond motifs is 1. The molecule has 1 saturated heterocycles. The zero-order valence-electron chi connectivity index (χ0n) is 20.1. The summed E-state index contributed by atoms with van der Waals surface area (Å²) in [6.07, 6.45) is -2.70. The van der Waals surface area contributed by atoms with Gasteiger partial charge in [0.15, 0.2) is 5.65 Å². The molecule has 4 aromatic rings. The van der Waals surface area contributed by atoms with Gasteiger partial charge in [-0.2, -0.15) is 13.2 Å². The molecule has 0 bridgehead atoms. The van der Waals surface area contributed by atoms with Gasteiger partial charge in [0.05, 0.1) is 17.9 Å². The number of alkyl halides is 3. The van der Waals surface area contributed by atoms with Crippen LogP contribution in [0.3, 0.4) is 0 Å². The maximum Gasteiger partial charge on any atom is 0.416 e. The Morgan fingerprint density at radius 3 is 2.74 bits per heavy atom. The SMILES string of the molecule is Cc1c(C#Cc2cnc3ccc(N4CC[C@H](O)C4)nn23)cccc1C(=O)Nc1cc(Cl)cc(C(F)(F)F)c1. The first-order valence-electron chi connectivity index (χ1n) is 11.7. The van der Waals surface area contributed by atoms with Crippen LogP contribution in [0.1, 0.15) is 39.2 Å². The summed E-state index contributed by atoms with van der Waals surface area (Å²) in [4.78, 5) is 19.2. The Bertz CT molecular complexity index is 1610. The van der Waals surface area contributed by atoms with Gasteiger partial charge in [0.25, 0.3) is 5.91 Å². The van der Waals surface area contributed by atoms with Gasteiger partial charge in [-0.05, 0) is 67.3 Å². The maximum absolute atomic E-state index is 13.1. The fourth-order valence-electron chi connectivity index (χ4n) is 4.24. The van der Waals surface area contributed by atoms with E-state index in [9.17, 15) is 23.1 Å². The highest BCUT2D eigenvalue weighted by Gasteiger charge is 2.31. The van der Waals surface area contributed by atoms with Crippen LogP contribution < -0.4 is 10.2 Å². The lowest BCUT2D eigenvalue weighted by atomic mass is 10.0. The Hall–Kier alpha value is -4.07. The Morgan fingerprint density at radius 2 is 2.00 bits per heavy atom. The van der Waals surface area contributed by atoms with Gasteiger partial charge in [-0.1, -0.05) is 23.6 Å². The largest absolute Gasteiger partial charge is 0.416 e. The number of nitrogens with zero attached hydrogens (tertiary/aromatic N) is 4. The van der Waals surface area contributed by atoms with E-state index in [2.05, 4.69) is 27.2 Å². The molecule has 1 aliphatic rings. The Labute approximate surface area is 220 Å². The first-order chi connectivity index (χ1) is 18.1. The molecule has 2 N–H and O–H groups in total. The summed E-state index contributed by atoms with van der Waals surface area (Å²) in [5.41, 5.74) is 1.51. The highest BCUT2D eigenvalue weighted by molar-refractivity contribution is 6.31. The molecular weight excluding hydrogens is 519 g/mol. The summed E-state index contributed by atoms with van der Waals surface area (Å²) in [6, 6.07) is 11.5. The molecule has 5 rings (SSSR count). The van der Waals surface area contributed by atoms with Crippen molar-refractivity contribution < 1.29 is 23.1 Å². The highest BCUT2D eigenvalue weighted by Crippen LogP contribution is 2.33. The quantitative estimate of drug-likeness (QED) is 0.361. The highest BCUT2D eigenvalue weighted by atomic mass is 35.5. The van der Waals surface area contributed by atoms with Crippen LogP contribution in [0.4, 0.5) is 24.7 Å². The zero-order valence-corrected chi connectivity index (χ0v) is 20.8. The van der Waals surface area contributed by atoms with Gasteiger partial charge < -0.3 is 15.3 Å². The minimum atomic E-state index is -4.60. The Balaban J connectivity index is 1.41. The van der Waals surface area contributed by atoms with Crippen molar-refractivity contribution in [3.05, 3.63) is 87.7 Å². The molecule has 0 spiro atoms. The van der Waals surface area contributed by atoms with E-state index in [-0.39, 0.29) is 22.4 Å². The molecule has 2 aromatic carbocycles. The lowest BCUT2D eigenvalue weighted by Gasteiger charge is -2.16. The van der Waals surface area contributed by atoms with Crippen molar-refractivity contribution in [1.82, 2.24) is 14.6 Å². The average molecular weight is 540 g/mol. The second kappa shape index (κ2) is 10.0. The zero-order chi connectivity index (χ0) is 27.0. The van der Waals surface area contributed by atoms with Crippen LogP contribution in [-0.2, 0) is 6.18 Å². The number of aromatic nitrogens is 3. The molecule has 1 amide bonds. The van der Waals surface area contributed by atoms with Crippen LogP contribution in [0.25, 0.3) is 5.65 Å². The Kier molecular flexibility index (Phi) is 6.73. The van der Waals surface area contributed by atoms with Gasteiger partial charge >= 0.3 is 6.18 Å². The first-order valence-corrected chi connectivity index (χ1v) is 12.0. The number of amides is 1. The van der Waals surface area contributed by atoms with E-state index >= 15 is 0 Å². The number of rotatable bonds is 3. The van der Waals surface area contributed by atoms with Crippen molar-refractivity contribution >= 4 is 34.7 Å². The van der Waals surface area contributed by atoms with Gasteiger partial charge in [-0.15, -0.1) is 5.10 Å². The standard InChI is InChI=1S/C27H21ClF3N5O2/c1-16-17(3-2-4-23(16)26(38)33-20-12-18(27(29,30)31)11-19(28)13-20)5-6-21-14-32-24-7-8-25(34-36(21)24)35-10-9-22(37)15-35/h2-4,7-8,11-14,22,37H,9-10,15H2,1H3,(H,33,38)/t22-/m0/s1. The molecule has 0 radical (unpaired) electrons. The third-order valence-corrected chi connectivity index (χ3v) is 6.44. The normalized spacial score (nSPS) is 15.4. The minimum absolute atomic E-state index is 0.0659. The van der Waals surface area contributed by atoms with Gasteiger partial charge in [0.1, 0.15) is 11.5 Å². The number of carbonyl (C=O) groups is 1. The van der Waals surface area contributed by atoms with E-state index in [0.29, 0.717) is 47.8 Å². The lowest BCUT2D eigenvalue weighted by Crippen LogP contribution is -2.22. The van der Waals surface area contributed by atoms with E-state index in [1.54, 1.807) is 35.8 Å². The predicted molar refractivity (Wildman–Crippen MR) is 137 cm³/mol. The smallest absolute Gasteiger partial charge is 0.391 e. The molecule has 0 saturated carbocycles. The molecule has 11 heteroatoms. The van der Waals surface area contributed by atoms with Crippen molar-refractivity contribution in [3.63, 3.8) is 0 Å². The van der Waals surface area contributed by atoms with Crippen LogP contribution in [0.2, 0.25) is 5.02 Å². The third kappa shape index (κ3) is 5.30. The fraction of sp³-hybridized carbons (Fsp3) is 0.222. The van der Waals surface area contributed by atoms with Gasteiger partial charge in [-0.25, -0.2) is 9.50 Å². The summed E-state index contributed by atoms with van der Waals surface area (Å²) < 4.78 is 41.0. The number of aliphatic hydroxyl groups excluding tert-OH is 1. The number of aliphatic hydroxyl groups is 1. The monoisotopic (exact) mass is 539 g/mol. The molecule has 2 aromatic heterocycles. The molecule has 1 atom stereocenters. The number of halogens is 4. The van der Waals surface area contributed by atoms with Crippen LogP contribution in [-0.4, -0.2) is 44.8 Å². The molecule has 1 fully saturated rings. The number of imidazole rings is 1. The van der Waals surface area contributed by atoms with Gasteiger partial charge in [-0.3, -0.25) is 4.79 Å². The van der Waals surface area contributed by atoms with E-state index in [1.165, 1.54) is 6.07 Å². The molecule has 194 valence electrons. The second-order valence-corrected chi connectivity index (χ2v) is 9.34. The molecule has 3 heterocycles. The second-order valence-electron chi connectivity index (χ2n) is 8.90. The van der Waals surface area contributed by atoms with Gasteiger partial charge in [0.2, 0.25) is 0 Å². The fourth-order valence-corrected chi connectivity index (χ4v) is 4.47. The average Bonchev–Trinajstić information content (AvgIpc) is 3.48. The third-order valence-electron chi connectivity index (χ3n) is 6.22. The number of hydrogen-bond donors (Lipinski definition) is 2. The van der Waals surface area contributed by atoms with Crippen LogP contribution >= 0.6 is 11.6 Å². The van der Waals surface area contributed by atoms with Crippen LogP contribution in [0.5, 0.6) is 0 Å². The number of carbonyl (C=O) groups excluding carboxylic acids is 1. The number of nitrogens with one attached hydrogen (secondary N) is 1. The Morgan fingerprint density at radius 1 is 1.18 bits per heavy atom. The number of β-amino-alcohol motifs (C(OH)–C–C–N with tert-alkyl or cyclic N) is 1. The molecule has 38 heavy (non-hydrogen) atoms. The molecule has 1 aliphatic heterocycles. The predicted octanol–water partition coefficient (Wildman–Crippen LogP) is 4.93. The summed E-state index contributed by atoms with van der Waals surface area (Å²) >= 11 is 5.83. The number of hydrogen-bond acceptors (Lipinski definition) is 5. The minimum Gasteiger partial charge on any atom is -0.391 e. The summed E-state index contributed by atoms with van der Waals surface area (Å²) in [7, 11) is 0. The number of anilines is 2. The van der Waals surface area contributed by atoms with Gasteiger partial charge in [0, 0.05) is 34.9 Å². The molecule has 0 unspecified atom stereocenters. The van der Waals surface area contributed by atoms with E-state index in [4.69, 9.17) is 11.6 Å². The molecule has 0 aliphatic carbocycles. The van der Waals surface area contributed by atoms with E-state index in [0.717, 1.165) is 12.1 Å². The van der Waals surface area contributed by atoms with Crippen molar-refractivity contribution in [3.8, 4) is 11.8 Å². The van der Waals surface area contributed by atoms with E-state index in [1.807, 2.05) is 17.0 Å². The first kappa shape index (κ1) is 25.6. The topological polar surface area (TPSA) is 82.8 Å². The molecule has 7 nitrogen and oxygen atoms in total. The summed E-state index contributed by atoms with van der Waals surface area (Å²) in [5.74, 6) is 6.21. The maximum atomic E-state index is 13.1. The summed E-state index contributed by atoms with van der Waals surface area (Å²) in [6.45, 7) is 2.92. The van der Waals surface area contributed by atoms with Crippen molar-refractivity contribution in [2.45, 2.75) is 25.6 Å².